The zero-order chi connectivity index (χ0) is 12.5. The molecule has 1 nitrogen and oxygen atoms in total. The van der Waals surface area contributed by atoms with Gasteiger partial charge in [0.1, 0.15) is 0 Å². The lowest BCUT2D eigenvalue weighted by molar-refractivity contribution is 0.461. The first-order valence-electron chi connectivity index (χ1n) is 6.65. The smallest absolute Gasteiger partial charge is 0.0410 e. The highest BCUT2D eigenvalue weighted by Gasteiger charge is 2.31. The Kier molecular flexibility index (Phi) is 3.94. The van der Waals surface area contributed by atoms with Crippen LogP contribution in [-0.4, -0.2) is 0 Å². The summed E-state index contributed by atoms with van der Waals surface area (Å²) in [5.74, 6) is 0.607. The van der Waals surface area contributed by atoms with Crippen LogP contribution in [0.5, 0.6) is 0 Å². The third-order valence-electron chi connectivity index (χ3n) is 4.21. The Hall–Kier alpha value is -0.340. The van der Waals surface area contributed by atoms with Crippen LogP contribution in [-0.2, 0) is 5.54 Å². The molecule has 1 aliphatic rings. The predicted octanol–water partition coefficient (Wildman–Crippen LogP) is 4.69. The summed E-state index contributed by atoms with van der Waals surface area (Å²) in [7, 11) is 0. The van der Waals surface area contributed by atoms with E-state index in [-0.39, 0.29) is 5.54 Å². The van der Waals surface area contributed by atoms with E-state index in [1.165, 1.54) is 34.9 Å². The minimum atomic E-state index is -0.0729. The van der Waals surface area contributed by atoms with Crippen molar-refractivity contribution in [2.24, 2.45) is 5.73 Å². The van der Waals surface area contributed by atoms with Crippen molar-refractivity contribution >= 4 is 15.9 Å². The monoisotopic (exact) mass is 295 g/mol. The van der Waals surface area contributed by atoms with Gasteiger partial charge in [0.05, 0.1) is 0 Å². The Labute approximate surface area is 113 Å². The van der Waals surface area contributed by atoms with Gasteiger partial charge in [-0.3, -0.25) is 0 Å². The van der Waals surface area contributed by atoms with E-state index in [1.807, 2.05) is 0 Å². The van der Waals surface area contributed by atoms with Gasteiger partial charge in [-0.2, -0.15) is 0 Å². The van der Waals surface area contributed by atoms with Gasteiger partial charge in [-0.05, 0) is 42.4 Å². The third kappa shape index (κ3) is 2.58. The summed E-state index contributed by atoms with van der Waals surface area (Å²) in [5.41, 5.74) is 9.11. The Morgan fingerprint density at radius 1 is 1.35 bits per heavy atom. The van der Waals surface area contributed by atoms with E-state index in [9.17, 15) is 0 Å². The lowest BCUT2D eigenvalue weighted by atomic mass is 9.87. The Morgan fingerprint density at radius 2 is 2.00 bits per heavy atom. The fraction of sp³-hybridized carbons (Fsp3) is 0.600. The standard InChI is InChI=1S/C15H22BrN/c1-3-11(2)13-7-6-12(10-14(13)16)15(17)8-4-5-9-15/h6-7,10-11H,3-5,8-9,17H2,1-2H3. The predicted molar refractivity (Wildman–Crippen MR) is 77.2 cm³/mol. The molecule has 1 unspecified atom stereocenters. The van der Waals surface area contributed by atoms with E-state index in [0.29, 0.717) is 5.92 Å². The molecule has 0 heterocycles. The van der Waals surface area contributed by atoms with Crippen LogP contribution in [0.3, 0.4) is 0 Å². The first kappa shape index (κ1) is 13.1. The van der Waals surface area contributed by atoms with Crippen LogP contribution in [0, 0.1) is 0 Å². The van der Waals surface area contributed by atoms with Crippen LogP contribution in [0.4, 0.5) is 0 Å². The minimum absolute atomic E-state index is 0.0729. The first-order valence-corrected chi connectivity index (χ1v) is 7.45. The molecule has 2 heteroatoms. The van der Waals surface area contributed by atoms with E-state index >= 15 is 0 Å². The molecule has 94 valence electrons. The highest BCUT2D eigenvalue weighted by molar-refractivity contribution is 9.10. The number of hydrogen-bond donors (Lipinski definition) is 1. The van der Waals surface area contributed by atoms with Gasteiger partial charge in [-0.1, -0.05) is 54.8 Å². The van der Waals surface area contributed by atoms with Crippen molar-refractivity contribution in [2.45, 2.75) is 57.4 Å². The van der Waals surface area contributed by atoms with E-state index in [0.717, 1.165) is 12.8 Å². The fourth-order valence-corrected chi connectivity index (χ4v) is 3.52. The van der Waals surface area contributed by atoms with Gasteiger partial charge in [-0.15, -0.1) is 0 Å². The lowest BCUT2D eigenvalue weighted by Crippen LogP contribution is -2.33. The average molecular weight is 296 g/mol. The van der Waals surface area contributed by atoms with Crippen molar-refractivity contribution in [1.82, 2.24) is 0 Å². The van der Waals surface area contributed by atoms with E-state index < -0.39 is 0 Å². The molecule has 1 saturated carbocycles. The van der Waals surface area contributed by atoms with Gasteiger partial charge in [0.15, 0.2) is 0 Å². The summed E-state index contributed by atoms with van der Waals surface area (Å²) in [6.07, 6.45) is 5.96. The molecule has 1 aliphatic carbocycles. The van der Waals surface area contributed by atoms with Crippen molar-refractivity contribution in [3.05, 3.63) is 33.8 Å². The molecular formula is C15H22BrN. The molecule has 0 amide bonds. The normalized spacial score (nSPS) is 20.5. The average Bonchev–Trinajstić information content (AvgIpc) is 2.76. The highest BCUT2D eigenvalue weighted by Crippen LogP contribution is 2.38. The zero-order valence-corrected chi connectivity index (χ0v) is 12.4. The summed E-state index contributed by atoms with van der Waals surface area (Å²) in [4.78, 5) is 0. The summed E-state index contributed by atoms with van der Waals surface area (Å²) in [6.45, 7) is 4.50. The third-order valence-corrected chi connectivity index (χ3v) is 4.90. The molecule has 1 atom stereocenters. The van der Waals surface area contributed by atoms with E-state index in [4.69, 9.17) is 5.73 Å². The van der Waals surface area contributed by atoms with E-state index in [1.54, 1.807) is 0 Å². The van der Waals surface area contributed by atoms with Crippen molar-refractivity contribution in [2.75, 3.05) is 0 Å². The SMILES string of the molecule is CCC(C)c1ccc(C2(N)CCCC2)cc1Br. The van der Waals surface area contributed by atoms with Crippen molar-refractivity contribution < 1.29 is 0 Å². The maximum absolute atomic E-state index is 6.49. The molecule has 0 radical (unpaired) electrons. The molecule has 0 bridgehead atoms. The number of nitrogens with two attached hydrogens (primary N) is 1. The van der Waals surface area contributed by atoms with Crippen LogP contribution >= 0.6 is 15.9 Å². The van der Waals surface area contributed by atoms with Crippen LogP contribution < -0.4 is 5.73 Å². The summed E-state index contributed by atoms with van der Waals surface area (Å²) >= 11 is 3.70. The molecule has 2 N–H and O–H groups in total. The molecule has 1 aromatic carbocycles. The van der Waals surface area contributed by atoms with Crippen molar-refractivity contribution in [1.29, 1.82) is 0 Å². The number of rotatable bonds is 3. The zero-order valence-electron chi connectivity index (χ0n) is 10.8. The second kappa shape index (κ2) is 5.11. The van der Waals surface area contributed by atoms with Gasteiger partial charge in [0.2, 0.25) is 0 Å². The number of halogens is 1. The van der Waals surface area contributed by atoms with Crippen LogP contribution in [0.25, 0.3) is 0 Å². The van der Waals surface area contributed by atoms with Crippen molar-refractivity contribution in [3.8, 4) is 0 Å². The number of hydrogen-bond acceptors (Lipinski definition) is 1. The Balaban J connectivity index is 2.30. The molecule has 1 fully saturated rings. The van der Waals surface area contributed by atoms with Crippen LogP contribution in [0.15, 0.2) is 22.7 Å². The molecule has 0 saturated heterocycles. The number of benzene rings is 1. The first-order chi connectivity index (χ1) is 8.07. The van der Waals surface area contributed by atoms with Crippen LogP contribution in [0.2, 0.25) is 0 Å². The molecule has 0 spiro atoms. The summed E-state index contributed by atoms with van der Waals surface area (Å²) in [5, 5.41) is 0. The second-order valence-corrected chi connectivity index (χ2v) is 6.26. The van der Waals surface area contributed by atoms with Crippen LogP contribution in [0.1, 0.15) is 63.0 Å². The largest absolute Gasteiger partial charge is 0.321 e. The van der Waals surface area contributed by atoms with Gasteiger partial charge in [0.25, 0.3) is 0 Å². The lowest BCUT2D eigenvalue weighted by Gasteiger charge is -2.25. The molecule has 0 aliphatic heterocycles. The van der Waals surface area contributed by atoms with Gasteiger partial charge in [0, 0.05) is 10.0 Å². The van der Waals surface area contributed by atoms with Gasteiger partial charge in [-0.25, -0.2) is 0 Å². The molecular weight excluding hydrogens is 274 g/mol. The van der Waals surface area contributed by atoms with Crippen molar-refractivity contribution in [3.63, 3.8) is 0 Å². The summed E-state index contributed by atoms with van der Waals surface area (Å²) in [6, 6.07) is 6.73. The molecule has 2 rings (SSSR count). The Morgan fingerprint density at radius 3 is 2.53 bits per heavy atom. The summed E-state index contributed by atoms with van der Waals surface area (Å²) < 4.78 is 1.22. The highest BCUT2D eigenvalue weighted by atomic mass is 79.9. The topological polar surface area (TPSA) is 26.0 Å². The minimum Gasteiger partial charge on any atom is -0.321 e. The van der Waals surface area contributed by atoms with Gasteiger partial charge >= 0.3 is 0 Å². The van der Waals surface area contributed by atoms with E-state index in [2.05, 4.69) is 48.0 Å². The fourth-order valence-electron chi connectivity index (χ4n) is 2.75. The molecule has 17 heavy (non-hydrogen) atoms. The maximum Gasteiger partial charge on any atom is 0.0410 e. The molecule has 1 aromatic rings. The van der Waals surface area contributed by atoms with Gasteiger partial charge < -0.3 is 5.73 Å². The molecule has 0 aromatic heterocycles. The maximum atomic E-state index is 6.49. The Bertz CT molecular complexity index is 394. The second-order valence-electron chi connectivity index (χ2n) is 5.41. The quantitative estimate of drug-likeness (QED) is 0.860.